The standard InChI is InChI=1S/C21H22FN3O3S2/c1-12(2)7-13-8-14(22)3-5-17(13)23-10-16-4-6-18(30-16)20(28)25-21-24-15(11-29-21)9-19(26)27/h3-6,8,11-12,23H,7,9-10H2,1-2H3,(H,26,27)(H,24,25,28). The minimum atomic E-state index is -0.966. The minimum Gasteiger partial charge on any atom is -0.481 e. The van der Waals surface area contributed by atoms with Gasteiger partial charge in [0.2, 0.25) is 0 Å². The monoisotopic (exact) mass is 447 g/mol. The molecule has 3 aromatic rings. The molecule has 0 atom stereocenters. The molecule has 0 aliphatic rings. The molecule has 3 rings (SSSR count). The van der Waals surface area contributed by atoms with E-state index < -0.39 is 5.97 Å². The smallest absolute Gasteiger partial charge is 0.309 e. The van der Waals surface area contributed by atoms with Crippen molar-refractivity contribution in [2.75, 3.05) is 10.6 Å². The second kappa shape index (κ2) is 9.82. The number of benzene rings is 1. The highest BCUT2D eigenvalue weighted by atomic mass is 32.1. The van der Waals surface area contributed by atoms with Gasteiger partial charge in [-0.25, -0.2) is 9.37 Å². The van der Waals surface area contributed by atoms with Crippen LogP contribution >= 0.6 is 22.7 Å². The van der Waals surface area contributed by atoms with Crippen molar-refractivity contribution in [3.05, 3.63) is 62.5 Å². The summed E-state index contributed by atoms with van der Waals surface area (Å²) in [5.41, 5.74) is 2.23. The number of anilines is 2. The number of thiazole rings is 1. The highest BCUT2D eigenvalue weighted by Crippen LogP contribution is 2.24. The van der Waals surface area contributed by atoms with Crippen LogP contribution in [0, 0.1) is 11.7 Å². The van der Waals surface area contributed by atoms with Crippen LogP contribution in [0.25, 0.3) is 0 Å². The van der Waals surface area contributed by atoms with E-state index in [-0.39, 0.29) is 18.1 Å². The maximum Gasteiger partial charge on any atom is 0.309 e. The molecule has 0 unspecified atom stereocenters. The lowest BCUT2D eigenvalue weighted by Gasteiger charge is -2.13. The van der Waals surface area contributed by atoms with E-state index in [4.69, 9.17) is 5.11 Å². The largest absolute Gasteiger partial charge is 0.481 e. The molecule has 158 valence electrons. The van der Waals surface area contributed by atoms with Gasteiger partial charge in [0.05, 0.1) is 17.0 Å². The van der Waals surface area contributed by atoms with Crippen molar-refractivity contribution in [3.63, 3.8) is 0 Å². The summed E-state index contributed by atoms with van der Waals surface area (Å²) in [7, 11) is 0. The second-order valence-electron chi connectivity index (χ2n) is 7.19. The minimum absolute atomic E-state index is 0.177. The van der Waals surface area contributed by atoms with Crippen molar-refractivity contribution in [1.29, 1.82) is 0 Å². The average Bonchev–Trinajstić information content (AvgIpc) is 3.29. The topological polar surface area (TPSA) is 91.3 Å². The molecule has 0 saturated carbocycles. The molecule has 2 aromatic heterocycles. The Morgan fingerprint density at radius 2 is 2.03 bits per heavy atom. The summed E-state index contributed by atoms with van der Waals surface area (Å²) in [6.45, 7) is 4.70. The number of nitrogens with one attached hydrogen (secondary N) is 2. The molecule has 0 saturated heterocycles. The van der Waals surface area contributed by atoms with Crippen LogP contribution in [-0.4, -0.2) is 22.0 Å². The molecule has 0 radical (unpaired) electrons. The van der Waals surface area contributed by atoms with E-state index in [1.807, 2.05) is 6.07 Å². The predicted molar refractivity (Wildman–Crippen MR) is 118 cm³/mol. The molecule has 0 aliphatic heterocycles. The van der Waals surface area contributed by atoms with Crippen LogP contribution < -0.4 is 10.6 Å². The molecule has 9 heteroatoms. The lowest BCUT2D eigenvalue weighted by Crippen LogP contribution is -2.10. The van der Waals surface area contributed by atoms with Crippen molar-refractivity contribution in [3.8, 4) is 0 Å². The van der Waals surface area contributed by atoms with E-state index in [2.05, 4.69) is 29.5 Å². The number of hydrogen-bond donors (Lipinski definition) is 3. The number of carbonyl (C=O) groups is 2. The summed E-state index contributed by atoms with van der Waals surface area (Å²) in [6.07, 6.45) is 0.596. The highest BCUT2D eigenvalue weighted by Gasteiger charge is 2.13. The molecule has 30 heavy (non-hydrogen) atoms. The fourth-order valence-electron chi connectivity index (χ4n) is 2.88. The molecule has 3 N–H and O–H groups in total. The third-order valence-corrected chi connectivity index (χ3v) is 6.03. The fraction of sp³-hybridized carbons (Fsp3) is 0.286. The van der Waals surface area contributed by atoms with E-state index in [0.717, 1.165) is 22.5 Å². The number of nitrogens with zero attached hydrogens (tertiary/aromatic N) is 1. The third-order valence-electron chi connectivity index (χ3n) is 4.14. The van der Waals surface area contributed by atoms with E-state index in [1.165, 1.54) is 28.7 Å². The van der Waals surface area contributed by atoms with E-state index >= 15 is 0 Å². The van der Waals surface area contributed by atoms with Crippen LogP contribution in [0.15, 0.2) is 35.7 Å². The predicted octanol–water partition coefficient (Wildman–Crippen LogP) is 5.03. The molecule has 2 heterocycles. The normalized spacial score (nSPS) is 10.9. The maximum atomic E-state index is 13.6. The number of carbonyl (C=O) groups excluding carboxylic acids is 1. The Kier molecular flexibility index (Phi) is 7.17. The molecule has 0 fully saturated rings. The van der Waals surface area contributed by atoms with Gasteiger partial charge in [-0.1, -0.05) is 13.8 Å². The first kappa shape index (κ1) is 21.9. The van der Waals surface area contributed by atoms with Crippen molar-refractivity contribution in [2.45, 2.75) is 33.2 Å². The third kappa shape index (κ3) is 6.11. The van der Waals surface area contributed by atoms with Gasteiger partial charge < -0.3 is 10.4 Å². The highest BCUT2D eigenvalue weighted by molar-refractivity contribution is 7.15. The number of thiophene rings is 1. The number of hydrogen-bond acceptors (Lipinski definition) is 6. The molecular formula is C21H22FN3O3S2. The number of aromatic nitrogens is 1. The first-order chi connectivity index (χ1) is 14.3. The van der Waals surface area contributed by atoms with Gasteiger partial charge in [0.1, 0.15) is 5.82 Å². The van der Waals surface area contributed by atoms with Crippen LogP contribution in [0.3, 0.4) is 0 Å². The lowest BCUT2D eigenvalue weighted by molar-refractivity contribution is -0.136. The molecule has 0 bridgehead atoms. The Bertz CT molecular complexity index is 1050. The van der Waals surface area contributed by atoms with Gasteiger partial charge in [0, 0.05) is 22.5 Å². The Balaban J connectivity index is 1.61. The lowest BCUT2D eigenvalue weighted by atomic mass is 10.0. The maximum absolute atomic E-state index is 13.6. The van der Waals surface area contributed by atoms with Crippen LogP contribution in [0.4, 0.5) is 15.2 Å². The Labute approximate surface area is 181 Å². The molecular weight excluding hydrogens is 425 g/mol. The van der Waals surface area contributed by atoms with Gasteiger partial charge in [-0.2, -0.15) is 0 Å². The summed E-state index contributed by atoms with van der Waals surface area (Å²) in [5, 5.41) is 16.8. The first-order valence-corrected chi connectivity index (χ1v) is 11.1. The number of carboxylic acids is 1. The van der Waals surface area contributed by atoms with Crippen LogP contribution in [-0.2, 0) is 24.2 Å². The Morgan fingerprint density at radius 1 is 1.23 bits per heavy atom. The van der Waals surface area contributed by atoms with Crippen molar-refractivity contribution in [2.24, 2.45) is 5.92 Å². The molecule has 0 spiro atoms. The SMILES string of the molecule is CC(C)Cc1cc(F)ccc1NCc1ccc(C(=O)Nc2nc(CC(=O)O)cs2)s1. The van der Waals surface area contributed by atoms with Gasteiger partial charge in [-0.3, -0.25) is 14.9 Å². The quantitative estimate of drug-likeness (QED) is 0.428. The number of halogens is 1. The number of rotatable bonds is 9. The summed E-state index contributed by atoms with van der Waals surface area (Å²) < 4.78 is 13.6. The molecule has 1 aromatic carbocycles. The van der Waals surface area contributed by atoms with Gasteiger partial charge in [-0.05, 0) is 48.2 Å². The fourth-order valence-corrected chi connectivity index (χ4v) is 4.43. The number of aliphatic carboxylic acids is 1. The van der Waals surface area contributed by atoms with E-state index in [9.17, 15) is 14.0 Å². The zero-order valence-electron chi connectivity index (χ0n) is 16.6. The van der Waals surface area contributed by atoms with Gasteiger partial charge in [-0.15, -0.1) is 22.7 Å². The van der Waals surface area contributed by atoms with Gasteiger partial charge in [0.25, 0.3) is 5.91 Å². The van der Waals surface area contributed by atoms with E-state index in [0.29, 0.717) is 28.2 Å². The number of carboxylic acid groups (broad SMARTS) is 1. The van der Waals surface area contributed by atoms with Crippen molar-refractivity contribution in [1.82, 2.24) is 4.98 Å². The number of amides is 1. The van der Waals surface area contributed by atoms with Gasteiger partial charge >= 0.3 is 5.97 Å². The average molecular weight is 448 g/mol. The van der Waals surface area contributed by atoms with Gasteiger partial charge in [0.15, 0.2) is 5.13 Å². The van der Waals surface area contributed by atoms with Crippen molar-refractivity contribution < 1.29 is 19.1 Å². The summed E-state index contributed by atoms with van der Waals surface area (Å²) in [6, 6.07) is 8.35. The van der Waals surface area contributed by atoms with Crippen LogP contribution in [0.5, 0.6) is 0 Å². The Hall–Kier alpha value is -2.78. The summed E-state index contributed by atoms with van der Waals surface area (Å²) in [4.78, 5) is 28.8. The zero-order chi connectivity index (χ0) is 21.7. The summed E-state index contributed by atoms with van der Waals surface area (Å²) >= 11 is 2.55. The molecule has 1 amide bonds. The second-order valence-corrected chi connectivity index (χ2v) is 9.21. The first-order valence-electron chi connectivity index (χ1n) is 9.38. The van der Waals surface area contributed by atoms with E-state index in [1.54, 1.807) is 23.6 Å². The van der Waals surface area contributed by atoms with Crippen LogP contribution in [0.2, 0.25) is 0 Å². The van der Waals surface area contributed by atoms with Crippen molar-refractivity contribution >= 4 is 45.4 Å². The molecule has 0 aliphatic carbocycles. The summed E-state index contributed by atoms with van der Waals surface area (Å²) in [5.74, 6) is -1.10. The Morgan fingerprint density at radius 3 is 2.77 bits per heavy atom. The molecule has 6 nitrogen and oxygen atoms in total. The van der Waals surface area contributed by atoms with Crippen LogP contribution in [0.1, 0.15) is 39.7 Å². The zero-order valence-corrected chi connectivity index (χ0v) is 18.2.